The third-order valence-corrected chi connectivity index (χ3v) is 13.0. The molecule has 0 aliphatic carbocycles. The summed E-state index contributed by atoms with van der Waals surface area (Å²) in [5.74, 6) is -12.6. The molecule has 0 saturated heterocycles. The number of amides is 1. The van der Waals surface area contributed by atoms with Crippen LogP contribution >= 0.6 is 0 Å². The van der Waals surface area contributed by atoms with Crippen LogP contribution in [0.15, 0.2) is 30.3 Å². The zero-order valence-corrected chi connectivity index (χ0v) is 28.7. The van der Waals surface area contributed by atoms with Crippen LogP contribution in [0.4, 0.5) is 30.7 Å². The van der Waals surface area contributed by atoms with E-state index in [-0.39, 0.29) is 11.1 Å². The number of ether oxygens (including phenoxy) is 3. The summed E-state index contributed by atoms with van der Waals surface area (Å²) < 4.78 is 145. The van der Waals surface area contributed by atoms with Crippen molar-refractivity contribution in [3.05, 3.63) is 87.0 Å². The summed E-state index contributed by atoms with van der Waals surface area (Å²) in [5.41, 5.74) is -11.6. The zero-order valence-electron chi connectivity index (χ0n) is 26.9. The molecule has 2 heterocycles. The monoisotopic (exact) mass is 763 g/mol. The molecule has 1 amide bonds. The van der Waals surface area contributed by atoms with Gasteiger partial charge >= 0.3 is 33.5 Å². The van der Waals surface area contributed by atoms with Crippen molar-refractivity contribution in [2.45, 2.75) is 31.1 Å². The van der Waals surface area contributed by atoms with Crippen LogP contribution in [0.2, 0.25) is 13.1 Å². The maximum Gasteiger partial charge on any atom is 0.534 e. The van der Waals surface area contributed by atoms with Crippen LogP contribution in [-0.4, -0.2) is 78.0 Å². The molecule has 0 bridgehead atoms. The predicted octanol–water partition coefficient (Wildman–Crippen LogP) is 3.17. The number of halogens is 7. The smallest absolute Gasteiger partial charge is 0.468 e. The van der Waals surface area contributed by atoms with Crippen LogP contribution in [0.25, 0.3) is 0 Å². The third kappa shape index (κ3) is 5.69. The van der Waals surface area contributed by atoms with Gasteiger partial charge in [0.2, 0.25) is 5.75 Å². The Balaban J connectivity index is 1.81. The Hall–Kier alpha value is -4.98. The fourth-order valence-electron chi connectivity index (χ4n) is 6.22. The first-order valence-corrected chi connectivity index (χ1v) is 18.8. The van der Waals surface area contributed by atoms with Crippen LogP contribution in [0, 0.1) is 30.2 Å². The van der Waals surface area contributed by atoms with Gasteiger partial charge in [0.1, 0.15) is 32.8 Å². The maximum atomic E-state index is 16.4. The summed E-state index contributed by atoms with van der Waals surface area (Å²) >= 11 is 0. The molecule has 0 aromatic heterocycles. The van der Waals surface area contributed by atoms with E-state index in [4.69, 9.17) is 4.74 Å². The Morgan fingerprint density at radius 1 is 0.863 bits per heavy atom. The first kappa shape index (κ1) is 37.3. The number of methoxy groups -OCH3 is 2. The zero-order chi connectivity index (χ0) is 38.2. The van der Waals surface area contributed by atoms with Crippen LogP contribution < -0.4 is 14.6 Å². The minimum Gasteiger partial charge on any atom is -0.468 e. The SMILES string of the molecule is COC(=O)CN(CC(=O)OC)C(=O)c1ccc2c(c1)C(=O)OC21c2cc(F)c(C)c(F)c2[Si](C)(C)c2c1cc(F)c(OS(=O)(=O)C(F)(F)F)c2F. The summed E-state index contributed by atoms with van der Waals surface area (Å²) in [5, 5.41) is -1.16. The van der Waals surface area contributed by atoms with Gasteiger partial charge in [0.25, 0.3) is 5.91 Å². The summed E-state index contributed by atoms with van der Waals surface area (Å²) in [7, 11) is -8.65. The molecule has 0 saturated carbocycles. The van der Waals surface area contributed by atoms with Crippen molar-refractivity contribution >= 4 is 52.4 Å². The molecule has 5 rings (SSSR count). The van der Waals surface area contributed by atoms with E-state index in [1.807, 2.05) is 0 Å². The van der Waals surface area contributed by atoms with Crippen molar-refractivity contribution in [2.75, 3.05) is 27.3 Å². The number of benzene rings is 3. The first-order valence-electron chi connectivity index (χ1n) is 14.4. The molecule has 11 nitrogen and oxygen atoms in total. The molecule has 2 aliphatic heterocycles. The molecule has 1 atom stereocenters. The molecular weight excluding hydrogens is 739 g/mol. The standard InChI is InChI=1S/C31H24F7NO10SSi/c1-13-19(32)9-17-26(23(13)34)51(4,5)27-18(10-20(33)25(24(27)35)49-50(44,45)31(36,37)38)30(17)16-7-6-14(8-15(16)29(43)48-30)28(42)39(11-21(40)46-2)12-22(41)47-3/h6-10H,11-12H2,1-5H3. The highest BCUT2D eigenvalue weighted by atomic mass is 32.2. The maximum absolute atomic E-state index is 16.4. The largest absolute Gasteiger partial charge is 0.534 e. The fraction of sp³-hybridized carbons (Fsp3) is 0.290. The average Bonchev–Trinajstić information content (AvgIpc) is 3.34. The van der Waals surface area contributed by atoms with Crippen molar-refractivity contribution in [3.8, 4) is 5.75 Å². The summed E-state index contributed by atoms with van der Waals surface area (Å²) in [6.07, 6.45) is 0. The second kappa shape index (κ2) is 12.4. The molecule has 0 fully saturated rings. The molecule has 0 N–H and O–H groups in total. The number of hydrogen-bond acceptors (Lipinski definition) is 10. The van der Waals surface area contributed by atoms with Gasteiger partial charge in [0.15, 0.2) is 17.2 Å². The van der Waals surface area contributed by atoms with Gasteiger partial charge < -0.3 is 23.3 Å². The van der Waals surface area contributed by atoms with Crippen LogP contribution in [0.1, 0.15) is 43.0 Å². The minimum atomic E-state index is -6.63. The number of alkyl halides is 3. The highest BCUT2D eigenvalue weighted by molar-refractivity contribution is 7.88. The van der Waals surface area contributed by atoms with Crippen molar-refractivity contribution in [2.24, 2.45) is 0 Å². The lowest BCUT2D eigenvalue weighted by atomic mass is 9.78. The van der Waals surface area contributed by atoms with Crippen LogP contribution in [0.3, 0.4) is 0 Å². The predicted molar refractivity (Wildman–Crippen MR) is 161 cm³/mol. The van der Waals surface area contributed by atoms with E-state index in [0.717, 1.165) is 45.4 Å². The average molecular weight is 764 g/mol. The van der Waals surface area contributed by atoms with Crippen molar-refractivity contribution in [3.63, 3.8) is 0 Å². The molecule has 51 heavy (non-hydrogen) atoms. The number of hydrogen-bond donors (Lipinski definition) is 0. The van der Waals surface area contributed by atoms with Gasteiger partial charge in [-0.05, 0) is 41.6 Å². The first-order chi connectivity index (χ1) is 23.5. The van der Waals surface area contributed by atoms with Crippen molar-refractivity contribution < 1.29 is 76.7 Å². The number of nitrogens with zero attached hydrogens (tertiary/aromatic N) is 1. The summed E-state index contributed by atoms with van der Waals surface area (Å²) in [4.78, 5) is 51.7. The second-order valence-electron chi connectivity index (χ2n) is 11.9. The van der Waals surface area contributed by atoms with E-state index in [1.165, 1.54) is 13.1 Å². The van der Waals surface area contributed by atoms with Crippen molar-refractivity contribution in [1.82, 2.24) is 4.90 Å². The van der Waals surface area contributed by atoms with Gasteiger partial charge in [0.05, 0.1) is 19.8 Å². The molecular formula is C31H24F7NO10SSi. The summed E-state index contributed by atoms with van der Waals surface area (Å²) in [6.45, 7) is 2.06. The second-order valence-corrected chi connectivity index (χ2v) is 17.7. The lowest BCUT2D eigenvalue weighted by molar-refractivity contribution is -0.144. The van der Waals surface area contributed by atoms with E-state index >= 15 is 17.6 Å². The fourth-order valence-corrected chi connectivity index (χ4v) is 10.2. The van der Waals surface area contributed by atoms with E-state index in [0.29, 0.717) is 11.0 Å². The quantitative estimate of drug-likeness (QED) is 0.0880. The number of carbonyl (C=O) groups is 4. The van der Waals surface area contributed by atoms with Gasteiger partial charge in [-0.2, -0.15) is 21.6 Å². The van der Waals surface area contributed by atoms with Gasteiger partial charge in [-0.15, -0.1) is 0 Å². The van der Waals surface area contributed by atoms with E-state index in [1.54, 1.807) is 0 Å². The van der Waals surface area contributed by atoms with E-state index < -0.39 is 128 Å². The Morgan fingerprint density at radius 2 is 1.39 bits per heavy atom. The third-order valence-electron chi connectivity index (χ3n) is 8.60. The normalized spacial score (nSPS) is 17.2. The lowest BCUT2D eigenvalue weighted by Crippen LogP contribution is -2.65. The van der Waals surface area contributed by atoms with E-state index in [9.17, 15) is 40.8 Å². The molecule has 1 spiro atoms. The Morgan fingerprint density at radius 3 is 1.92 bits per heavy atom. The Kier molecular flexibility index (Phi) is 9.03. The Bertz CT molecular complexity index is 2160. The number of rotatable bonds is 7. The van der Waals surface area contributed by atoms with E-state index in [2.05, 4.69) is 13.7 Å². The van der Waals surface area contributed by atoms with Crippen molar-refractivity contribution in [1.29, 1.82) is 0 Å². The molecule has 3 aromatic rings. The molecule has 20 heteroatoms. The summed E-state index contributed by atoms with van der Waals surface area (Å²) in [6, 6.07) is 4.13. The number of esters is 3. The molecule has 272 valence electrons. The molecule has 0 radical (unpaired) electrons. The number of fused-ring (bicyclic) bond motifs is 6. The lowest BCUT2D eigenvalue weighted by Gasteiger charge is -2.44. The molecule has 3 aromatic carbocycles. The highest BCUT2D eigenvalue weighted by Crippen LogP contribution is 2.51. The van der Waals surface area contributed by atoms with Gasteiger partial charge in [-0.3, -0.25) is 14.4 Å². The van der Waals surface area contributed by atoms with Gasteiger partial charge in [-0.1, -0.05) is 19.2 Å². The topological polar surface area (TPSA) is 143 Å². The number of carbonyl (C=O) groups excluding carboxylic acids is 4. The van der Waals surface area contributed by atoms with Gasteiger partial charge in [-0.25, -0.2) is 22.4 Å². The van der Waals surface area contributed by atoms with Gasteiger partial charge in [0, 0.05) is 27.8 Å². The molecule has 2 aliphatic rings. The minimum absolute atomic E-state index is 0.332. The molecule has 1 unspecified atom stereocenters. The highest BCUT2D eigenvalue weighted by Gasteiger charge is 2.59. The van der Waals surface area contributed by atoms with Crippen LogP contribution in [0.5, 0.6) is 5.75 Å². The van der Waals surface area contributed by atoms with Crippen LogP contribution in [-0.2, 0) is 39.5 Å². The Labute approximate surface area is 285 Å².